The van der Waals surface area contributed by atoms with Crippen LogP contribution in [0.4, 0.5) is 5.95 Å². The molecular weight excluding hydrogens is 406 g/mol. The Bertz CT molecular complexity index is 1180. The largest absolute Gasteiger partial charge is 0.471 e. The van der Waals surface area contributed by atoms with Crippen LogP contribution in [0, 0.1) is 5.92 Å². The number of hydrogen-bond donors (Lipinski definition) is 2. The molecule has 0 spiro atoms. The molecule has 2 aromatic heterocycles. The Hall–Kier alpha value is -3.49. The summed E-state index contributed by atoms with van der Waals surface area (Å²) in [5, 5.41) is 10.8. The van der Waals surface area contributed by atoms with Gasteiger partial charge in [0.15, 0.2) is 11.2 Å². The van der Waals surface area contributed by atoms with Crippen LogP contribution in [0.25, 0.3) is 11.2 Å². The molecule has 4 aromatic rings. The predicted octanol–water partition coefficient (Wildman–Crippen LogP) is 3.13. The van der Waals surface area contributed by atoms with Gasteiger partial charge in [0.2, 0.25) is 11.8 Å². The van der Waals surface area contributed by atoms with Crippen molar-refractivity contribution in [3.8, 4) is 5.88 Å². The average molecular weight is 431 g/mol. The molecule has 0 radical (unpaired) electrons. The molecule has 8 nitrogen and oxygen atoms in total. The second-order valence-electron chi connectivity index (χ2n) is 8.04. The van der Waals surface area contributed by atoms with Crippen molar-refractivity contribution in [3.63, 3.8) is 0 Å². The summed E-state index contributed by atoms with van der Waals surface area (Å²) in [7, 11) is 0. The summed E-state index contributed by atoms with van der Waals surface area (Å²) in [5.74, 6) is 0.514. The van der Waals surface area contributed by atoms with Crippen molar-refractivity contribution in [2.75, 3.05) is 12.3 Å². The molecule has 2 aromatic carbocycles. The van der Waals surface area contributed by atoms with E-state index < -0.39 is 6.10 Å². The topological polar surface area (TPSA) is 108 Å². The number of nitrogen functional groups attached to an aromatic ring is 1. The zero-order valence-corrected chi connectivity index (χ0v) is 17.5. The Labute approximate surface area is 185 Å². The molecule has 0 aliphatic heterocycles. The first-order chi connectivity index (χ1) is 15.7. The van der Waals surface area contributed by atoms with Crippen LogP contribution in [0.3, 0.4) is 0 Å². The molecule has 32 heavy (non-hydrogen) atoms. The van der Waals surface area contributed by atoms with Crippen LogP contribution in [-0.4, -0.2) is 37.3 Å². The first kappa shape index (κ1) is 20.4. The van der Waals surface area contributed by atoms with Gasteiger partial charge in [-0.3, -0.25) is 0 Å². The fraction of sp³-hybridized carbons (Fsp3) is 0.292. The molecule has 0 saturated heterocycles. The van der Waals surface area contributed by atoms with Crippen LogP contribution >= 0.6 is 0 Å². The second-order valence-corrected chi connectivity index (χ2v) is 8.04. The summed E-state index contributed by atoms with van der Waals surface area (Å²) >= 11 is 0. The Morgan fingerprint density at radius 2 is 1.66 bits per heavy atom. The molecule has 0 bridgehead atoms. The van der Waals surface area contributed by atoms with E-state index in [1.54, 1.807) is 6.33 Å². The number of nitrogens with two attached hydrogens (primary N) is 1. The Morgan fingerprint density at radius 3 is 2.34 bits per heavy atom. The maximum atomic E-state index is 10.8. The molecule has 1 aliphatic rings. The predicted molar refractivity (Wildman–Crippen MR) is 120 cm³/mol. The van der Waals surface area contributed by atoms with Gasteiger partial charge in [0.05, 0.1) is 31.7 Å². The number of ether oxygens (including phenoxy) is 2. The number of anilines is 1. The molecule has 1 saturated carbocycles. The monoisotopic (exact) mass is 431 g/mol. The van der Waals surface area contributed by atoms with Crippen LogP contribution in [0.5, 0.6) is 5.88 Å². The summed E-state index contributed by atoms with van der Waals surface area (Å²) in [6.45, 7) is 1.39. The van der Waals surface area contributed by atoms with Crippen molar-refractivity contribution >= 4 is 17.1 Å². The SMILES string of the molecule is Nc1nc(OCc2ccccc2)c2ncn([C@H]3C[C@@H](COCc4ccccc4)[C@@H]3O)c2n1. The van der Waals surface area contributed by atoms with Crippen molar-refractivity contribution in [1.29, 1.82) is 0 Å². The molecule has 5 rings (SSSR count). The molecule has 8 heteroatoms. The Balaban J connectivity index is 1.25. The zero-order chi connectivity index (χ0) is 21.9. The summed E-state index contributed by atoms with van der Waals surface area (Å²) in [6, 6.07) is 19.7. The maximum absolute atomic E-state index is 10.8. The lowest BCUT2D eigenvalue weighted by atomic mass is 9.77. The van der Waals surface area contributed by atoms with Crippen LogP contribution in [0.1, 0.15) is 23.6 Å². The second kappa shape index (κ2) is 8.94. The molecule has 164 valence electrons. The molecule has 2 heterocycles. The minimum Gasteiger partial charge on any atom is -0.471 e. The van der Waals surface area contributed by atoms with Gasteiger partial charge >= 0.3 is 0 Å². The van der Waals surface area contributed by atoms with E-state index in [0.717, 1.165) is 17.5 Å². The van der Waals surface area contributed by atoms with E-state index in [2.05, 4.69) is 15.0 Å². The van der Waals surface area contributed by atoms with E-state index in [0.29, 0.717) is 36.9 Å². The number of rotatable bonds is 8. The van der Waals surface area contributed by atoms with Crippen LogP contribution in [0.15, 0.2) is 67.0 Å². The maximum Gasteiger partial charge on any atom is 0.247 e. The number of aliphatic hydroxyl groups excluding tert-OH is 1. The normalized spacial score (nSPS) is 20.2. The smallest absolute Gasteiger partial charge is 0.247 e. The van der Waals surface area contributed by atoms with Crippen molar-refractivity contribution in [1.82, 2.24) is 19.5 Å². The highest BCUT2D eigenvalue weighted by Crippen LogP contribution is 2.40. The summed E-state index contributed by atoms with van der Waals surface area (Å²) in [4.78, 5) is 13.0. The fourth-order valence-corrected chi connectivity index (χ4v) is 4.03. The molecule has 1 aliphatic carbocycles. The van der Waals surface area contributed by atoms with Gasteiger partial charge in [0.1, 0.15) is 6.61 Å². The van der Waals surface area contributed by atoms with Crippen molar-refractivity contribution < 1.29 is 14.6 Å². The highest BCUT2D eigenvalue weighted by molar-refractivity contribution is 5.77. The molecule has 0 amide bonds. The summed E-state index contributed by atoms with van der Waals surface area (Å²) in [5.41, 5.74) is 9.17. The lowest BCUT2D eigenvalue weighted by molar-refractivity contribution is -0.0740. The summed E-state index contributed by atoms with van der Waals surface area (Å²) in [6.07, 6.45) is 1.89. The van der Waals surface area contributed by atoms with E-state index in [1.165, 1.54) is 0 Å². The minimum absolute atomic E-state index is 0.0640. The molecule has 3 atom stereocenters. The third kappa shape index (κ3) is 4.15. The molecule has 3 N–H and O–H groups in total. The van der Waals surface area contributed by atoms with Gasteiger partial charge in [-0.2, -0.15) is 9.97 Å². The van der Waals surface area contributed by atoms with Crippen molar-refractivity contribution in [2.45, 2.75) is 31.8 Å². The van der Waals surface area contributed by atoms with E-state index in [-0.39, 0.29) is 17.9 Å². The van der Waals surface area contributed by atoms with Crippen molar-refractivity contribution in [2.24, 2.45) is 5.92 Å². The van der Waals surface area contributed by atoms with Gasteiger partial charge in [-0.05, 0) is 17.5 Å². The van der Waals surface area contributed by atoms with Gasteiger partial charge in [0, 0.05) is 5.92 Å². The zero-order valence-electron chi connectivity index (χ0n) is 17.5. The van der Waals surface area contributed by atoms with Gasteiger partial charge in [0.25, 0.3) is 0 Å². The number of imidazole rings is 1. The molecule has 1 fully saturated rings. The minimum atomic E-state index is -0.548. The van der Waals surface area contributed by atoms with E-state index in [4.69, 9.17) is 15.2 Å². The number of hydrogen-bond acceptors (Lipinski definition) is 7. The number of aromatic nitrogens is 4. The number of fused-ring (bicyclic) bond motifs is 1. The van der Waals surface area contributed by atoms with Crippen LogP contribution in [-0.2, 0) is 18.0 Å². The quantitative estimate of drug-likeness (QED) is 0.441. The summed E-state index contributed by atoms with van der Waals surface area (Å²) < 4.78 is 13.6. The van der Waals surface area contributed by atoms with E-state index in [9.17, 15) is 5.11 Å². The van der Waals surface area contributed by atoms with Gasteiger partial charge < -0.3 is 24.9 Å². The Morgan fingerprint density at radius 1 is 0.969 bits per heavy atom. The highest BCUT2D eigenvalue weighted by atomic mass is 16.5. The van der Waals surface area contributed by atoms with Crippen molar-refractivity contribution in [3.05, 3.63) is 78.1 Å². The lowest BCUT2D eigenvalue weighted by Crippen LogP contribution is -2.45. The third-order valence-corrected chi connectivity index (χ3v) is 5.85. The lowest BCUT2D eigenvalue weighted by Gasteiger charge is -2.41. The third-order valence-electron chi connectivity index (χ3n) is 5.85. The van der Waals surface area contributed by atoms with Gasteiger partial charge in [-0.15, -0.1) is 0 Å². The number of benzene rings is 2. The van der Waals surface area contributed by atoms with Gasteiger partial charge in [-0.25, -0.2) is 4.98 Å². The first-order valence-corrected chi connectivity index (χ1v) is 10.7. The number of aliphatic hydroxyl groups is 1. The van der Waals surface area contributed by atoms with Crippen LogP contribution < -0.4 is 10.5 Å². The first-order valence-electron chi connectivity index (χ1n) is 10.7. The molecule has 0 unspecified atom stereocenters. The molecular formula is C24H25N5O3. The van der Waals surface area contributed by atoms with E-state index in [1.807, 2.05) is 65.2 Å². The van der Waals surface area contributed by atoms with Gasteiger partial charge in [-0.1, -0.05) is 60.7 Å². The number of nitrogens with zero attached hydrogens (tertiary/aromatic N) is 4. The van der Waals surface area contributed by atoms with E-state index >= 15 is 0 Å². The standard InChI is InChI=1S/C24H25N5O3/c25-24-27-22-20(23(28-24)32-13-17-9-5-2-6-10-17)26-15-29(22)19-11-18(21(19)30)14-31-12-16-7-3-1-4-8-16/h1-10,15,18-19,21,30H,11-14H2,(H2,25,27,28)/t18-,19-,21-/m0/s1. The highest BCUT2D eigenvalue weighted by Gasteiger charge is 2.42. The Kier molecular flexibility index (Phi) is 5.70. The van der Waals surface area contributed by atoms with Crippen LogP contribution in [0.2, 0.25) is 0 Å². The average Bonchev–Trinajstić information content (AvgIpc) is 3.23. The fourth-order valence-electron chi connectivity index (χ4n) is 4.03.